The lowest BCUT2D eigenvalue weighted by Gasteiger charge is -2.08. The summed E-state index contributed by atoms with van der Waals surface area (Å²) in [6.07, 6.45) is 3.63. The molecule has 17 heavy (non-hydrogen) atoms. The molecule has 0 bridgehead atoms. The maximum absolute atomic E-state index is 9.68. The van der Waals surface area contributed by atoms with Gasteiger partial charge in [0.1, 0.15) is 11.4 Å². The molecule has 0 unspecified atom stereocenters. The molecule has 2 aromatic rings. The van der Waals surface area contributed by atoms with Gasteiger partial charge in [0.05, 0.1) is 6.10 Å². The Kier molecular flexibility index (Phi) is 4.12. The Bertz CT molecular complexity index is 459. The van der Waals surface area contributed by atoms with Gasteiger partial charge in [-0.05, 0) is 30.2 Å². The zero-order chi connectivity index (χ0) is 12.1. The standard InChI is InChI=1S/C13H14N2OS/c1-2-12(16)10-3-5-11(6-4-10)17-13-7-8-14-9-15-13/h3-9,12,16H,2H2,1H3/t12-/m1/s1. The van der Waals surface area contributed by atoms with Gasteiger partial charge in [-0.15, -0.1) is 0 Å². The van der Waals surface area contributed by atoms with Crippen LogP contribution in [0.1, 0.15) is 25.0 Å². The minimum Gasteiger partial charge on any atom is -0.388 e. The van der Waals surface area contributed by atoms with Crippen LogP contribution in [-0.2, 0) is 0 Å². The first-order valence-corrected chi connectivity index (χ1v) is 6.33. The second-order valence-corrected chi connectivity index (χ2v) is 4.74. The molecule has 1 aromatic heterocycles. The van der Waals surface area contributed by atoms with Crippen LogP contribution in [0.5, 0.6) is 0 Å². The lowest BCUT2D eigenvalue weighted by molar-refractivity contribution is 0.173. The van der Waals surface area contributed by atoms with Crippen molar-refractivity contribution in [1.82, 2.24) is 9.97 Å². The van der Waals surface area contributed by atoms with Gasteiger partial charge < -0.3 is 5.11 Å². The molecular formula is C13H14N2OS. The number of nitrogens with zero attached hydrogens (tertiary/aromatic N) is 2. The van der Waals surface area contributed by atoms with Crippen LogP contribution in [0.2, 0.25) is 0 Å². The molecule has 1 aromatic carbocycles. The largest absolute Gasteiger partial charge is 0.388 e. The fraction of sp³-hybridized carbons (Fsp3) is 0.231. The maximum Gasteiger partial charge on any atom is 0.116 e. The molecule has 1 heterocycles. The zero-order valence-corrected chi connectivity index (χ0v) is 10.4. The van der Waals surface area contributed by atoms with Crippen molar-refractivity contribution in [3.8, 4) is 0 Å². The van der Waals surface area contributed by atoms with Crippen LogP contribution in [0.3, 0.4) is 0 Å². The van der Waals surface area contributed by atoms with Gasteiger partial charge in [0, 0.05) is 11.1 Å². The van der Waals surface area contributed by atoms with Gasteiger partial charge in [0.2, 0.25) is 0 Å². The topological polar surface area (TPSA) is 46.0 Å². The van der Waals surface area contributed by atoms with Crippen molar-refractivity contribution in [1.29, 1.82) is 0 Å². The summed E-state index contributed by atoms with van der Waals surface area (Å²) in [5, 5.41) is 10.6. The van der Waals surface area contributed by atoms with Crippen LogP contribution in [-0.4, -0.2) is 15.1 Å². The first-order chi connectivity index (χ1) is 8.29. The van der Waals surface area contributed by atoms with Crippen molar-refractivity contribution in [3.63, 3.8) is 0 Å². The predicted molar refractivity (Wildman–Crippen MR) is 67.8 cm³/mol. The second kappa shape index (κ2) is 5.80. The molecule has 0 aliphatic heterocycles. The Morgan fingerprint density at radius 3 is 2.59 bits per heavy atom. The van der Waals surface area contributed by atoms with E-state index in [4.69, 9.17) is 0 Å². The smallest absolute Gasteiger partial charge is 0.116 e. The lowest BCUT2D eigenvalue weighted by atomic mass is 10.1. The highest BCUT2D eigenvalue weighted by molar-refractivity contribution is 7.99. The summed E-state index contributed by atoms with van der Waals surface area (Å²) in [4.78, 5) is 9.14. The molecule has 4 heteroatoms. The van der Waals surface area contributed by atoms with Crippen molar-refractivity contribution >= 4 is 11.8 Å². The molecule has 0 radical (unpaired) electrons. The van der Waals surface area contributed by atoms with E-state index in [1.165, 1.54) is 6.33 Å². The van der Waals surface area contributed by atoms with Crippen LogP contribution < -0.4 is 0 Å². The van der Waals surface area contributed by atoms with Gasteiger partial charge in [-0.1, -0.05) is 30.8 Å². The fourth-order valence-corrected chi connectivity index (χ4v) is 2.20. The Labute approximate surface area is 105 Å². The summed E-state index contributed by atoms with van der Waals surface area (Å²) in [6, 6.07) is 9.79. The van der Waals surface area contributed by atoms with Crippen molar-refractivity contribution in [2.75, 3.05) is 0 Å². The summed E-state index contributed by atoms with van der Waals surface area (Å²) in [5.41, 5.74) is 0.958. The Hall–Kier alpha value is -1.39. The third-order valence-corrected chi connectivity index (χ3v) is 3.39. The summed E-state index contributed by atoms with van der Waals surface area (Å²) in [7, 11) is 0. The number of benzene rings is 1. The van der Waals surface area contributed by atoms with Gasteiger partial charge in [-0.25, -0.2) is 9.97 Å². The monoisotopic (exact) mass is 246 g/mol. The number of aliphatic hydroxyl groups is 1. The molecule has 1 atom stereocenters. The third kappa shape index (κ3) is 3.28. The first-order valence-electron chi connectivity index (χ1n) is 5.51. The highest BCUT2D eigenvalue weighted by Crippen LogP contribution is 2.27. The predicted octanol–water partition coefficient (Wildman–Crippen LogP) is 3.07. The SMILES string of the molecule is CC[C@@H](O)c1ccc(Sc2ccncn2)cc1. The number of aromatic nitrogens is 2. The molecule has 0 aliphatic rings. The summed E-state index contributed by atoms with van der Waals surface area (Å²) in [5.74, 6) is 0. The molecular weight excluding hydrogens is 232 g/mol. The van der Waals surface area contributed by atoms with E-state index in [2.05, 4.69) is 9.97 Å². The van der Waals surface area contributed by atoms with E-state index >= 15 is 0 Å². The Morgan fingerprint density at radius 1 is 1.24 bits per heavy atom. The van der Waals surface area contributed by atoms with Crippen LogP contribution in [0.15, 0.2) is 52.8 Å². The van der Waals surface area contributed by atoms with Gasteiger partial charge in [0.25, 0.3) is 0 Å². The van der Waals surface area contributed by atoms with Gasteiger partial charge in [-0.3, -0.25) is 0 Å². The quantitative estimate of drug-likeness (QED) is 0.842. The summed E-state index contributed by atoms with van der Waals surface area (Å²) >= 11 is 1.58. The van der Waals surface area contributed by atoms with E-state index < -0.39 is 0 Å². The zero-order valence-electron chi connectivity index (χ0n) is 9.58. The highest BCUT2D eigenvalue weighted by atomic mass is 32.2. The number of rotatable bonds is 4. The Balaban J connectivity index is 2.08. The summed E-state index contributed by atoms with van der Waals surface area (Å²) < 4.78 is 0. The van der Waals surface area contributed by atoms with Crippen molar-refractivity contribution in [2.45, 2.75) is 29.4 Å². The van der Waals surface area contributed by atoms with Crippen LogP contribution in [0.25, 0.3) is 0 Å². The molecule has 0 spiro atoms. The van der Waals surface area contributed by atoms with Gasteiger partial charge in [0.15, 0.2) is 0 Å². The second-order valence-electron chi connectivity index (χ2n) is 3.64. The van der Waals surface area contributed by atoms with Crippen LogP contribution in [0, 0.1) is 0 Å². The van der Waals surface area contributed by atoms with Gasteiger partial charge >= 0.3 is 0 Å². The van der Waals surface area contributed by atoms with Gasteiger partial charge in [-0.2, -0.15) is 0 Å². The number of aliphatic hydroxyl groups excluding tert-OH is 1. The van der Waals surface area contributed by atoms with Crippen molar-refractivity contribution in [2.24, 2.45) is 0 Å². The Morgan fingerprint density at radius 2 is 2.00 bits per heavy atom. The van der Waals surface area contributed by atoms with E-state index in [1.807, 2.05) is 37.3 Å². The van der Waals surface area contributed by atoms with Crippen molar-refractivity contribution in [3.05, 3.63) is 48.4 Å². The van der Waals surface area contributed by atoms with Crippen molar-refractivity contribution < 1.29 is 5.11 Å². The molecule has 0 saturated heterocycles. The molecule has 0 fully saturated rings. The molecule has 1 N–H and O–H groups in total. The fourth-order valence-electron chi connectivity index (χ4n) is 1.45. The minimum absolute atomic E-state index is 0.367. The van der Waals surface area contributed by atoms with E-state index in [9.17, 15) is 5.11 Å². The van der Waals surface area contributed by atoms with E-state index in [0.29, 0.717) is 0 Å². The normalized spacial score (nSPS) is 12.4. The van der Waals surface area contributed by atoms with E-state index in [-0.39, 0.29) is 6.10 Å². The van der Waals surface area contributed by atoms with Crippen LogP contribution >= 0.6 is 11.8 Å². The molecule has 0 amide bonds. The molecule has 3 nitrogen and oxygen atoms in total. The third-order valence-electron chi connectivity index (χ3n) is 2.43. The number of hydrogen-bond acceptors (Lipinski definition) is 4. The number of hydrogen-bond donors (Lipinski definition) is 1. The molecule has 0 saturated carbocycles. The first kappa shape index (κ1) is 12.1. The summed E-state index contributed by atoms with van der Waals surface area (Å²) in [6.45, 7) is 1.97. The molecule has 0 aliphatic carbocycles. The highest BCUT2D eigenvalue weighted by Gasteiger charge is 2.04. The van der Waals surface area contributed by atoms with Crippen LogP contribution in [0.4, 0.5) is 0 Å². The average molecular weight is 246 g/mol. The minimum atomic E-state index is -0.367. The average Bonchev–Trinajstić information content (AvgIpc) is 2.40. The maximum atomic E-state index is 9.68. The molecule has 88 valence electrons. The van der Waals surface area contributed by atoms with E-state index in [0.717, 1.165) is 21.9 Å². The van der Waals surface area contributed by atoms with E-state index in [1.54, 1.807) is 18.0 Å². The molecule has 2 rings (SSSR count). The lowest BCUT2D eigenvalue weighted by Crippen LogP contribution is -1.94.